The number of hydrogen-bond acceptors (Lipinski definition) is 4. The van der Waals surface area contributed by atoms with E-state index in [2.05, 4.69) is 20.3 Å². The quantitative estimate of drug-likeness (QED) is 0.676. The number of hydrogen-bond donors (Lipinski definition) is 2. The maximum Gasteiger partial charge on any atom is 0.255 e. The van der Waals surface area contributed by atoms with Crippen molar-refractivity contribution in [1.29, 1.82) is 0 Å². The second-order valence-corrected chi connectivity index (χ2v) is 7.80. The van der Waals surface area contributed by atoms with Gasteiger partial charge < -0.3 is 10.3 Å². The average molecular weight is 409 g/mol. The van der Waals surface area contributed by atoms with Gasteiger partial charge in [-0.25, -0.2) is 4.98 Å². The van der Waals surface area contributed by atoms with Gasteiger partial charge >= 0.3 is 0 Å². The second-order valence-electron chi connectivity index (χ2n) is 7.36. The standard InChI is InChI=1S/C22H21ClN4O2/c1-14-17(21(29)26-20(25-14)18-5-2-3-12-24-18)13-19(28)27-22(10-4-11-22)15-6-8-16(23)9-7-15/h2-3,5-9,12H,4,10-11,13H2,1H3,(H,27,28)(H,25,26,29). The summed E-state index contributed by atoms with van der Waals surface area (Å²) in [6.45, 7) is 1.74. The van der Waals surface area contributed by atoms with Crippen LogP contribution in [-0.2, 0) is 16.8 Å². The molecule has 0 aliphatic heterocycles. The number of pyridine rings is 1. The zero-order chi connectivity index (χ0) is 20.4. The van der Waals surface area contributed by atoms with Crippen LogP contribution in [0.1, 0.15) is 36.1 Å². The highest BCUT2D eigenvalue weighted by molar-refractivity contribution is 6.30. The minimum Gasteiger partial charge on any atom is -0.346 e. The molecular formula is C22H21ClN4O2. The molecule has 2 aromatic heterocycles. The van der Waals surface area contributed by atoms with Crippen molar-refractivity contribution < 1.29 is 4.79 Å². The third kappa shape index (κ3) is 3.93. The van der Waals surface area contributed by atoms with Gasteiger partial charge in [0, 0.05) is 22.5 Å². The molecule has 7 heteroatoms. The van der Waals surface area contributed by atoms with Crippen molar-refractivity contribution in [2.75, 3.05) is 0 Å². The van der Waals surface area contributed by atoms with Crippen molar-refractivity contribution in [3.63, 3.8) is 0 Å². The highest BCUT2D eigenvalue weighted by Gasteiger charge is 2.40. The maximum absolute atomic E-state index is 12.8. The van der Waals surface area contributed by atoms with Gasteiger partial charge in [-0.15, -0.1) is 0 Å². The van der Waals surface area contributed by atoms with Crippen LogP contribution in [0.4, 0.5) is 0 Å². The third-order valence-electron chi connectivity index (χ3n) is 5.45. The fourth-order valence-corrected chi connectivity index (χ4v) is 3.83. The first-order chi connectivity index (χ1) is 14.0. The molecule has 3 aromatic rings. The first kappa shape index (κ1) is 19.3. The smallest absolute Gasteiger partial charge is 0.255 e. The van der Waals surface area contributed by atoms with Crippen LogP contribution in [0.25, 0.3) is 11.5 Å². The molecule has 2 N–H and O–H groups in total. The fourth-order valence-electron chi connectivity index (χ4n) is 3.70. The van der Waals surface area contributed by atoms with E-state index in [1.54, 1.807) is 25.3 Å². The molecule has 1 aliphatic rings. The molecule has 1 amide bonds. The van der Waals surface area contributed by atoms with Gasteiger partial charge in [0.1, 0.15) is 5.69 Å². The van der Waals surface area contributed by atoms with E-state index in [1.165, 1.54) is 0 Å². The van der Waals surface area contributed by atoms with E-state index in [9.17, 15) is 9.59 Å². The molecule has 0 unspecified atom stereocenters. The molecule has 4 rings (SSSR count). The van der Waals surface area contributed by atoms with Crippen molar-refractivity contribution in [2.24, 2.45) is 0 Å². The lowest BCUT2D eigenvalue weighted by Gasteiger charge is -2.43. The van der Waals surface area contributed by atoms with Crippen LogP contribution in [0.3, 0.4) is 0 Å². The van der Waals surface area contributed by atoms with Gasteiger partial charge in [0.2, 0.25) is 5.91 Å². The van der Waals surface area contributed by atoms with E-state index in [0.29, 0.717) is 27.8 Å². The lowest BCUT2D eigenvalue weighted by atomic mass is 9.71. The summed E-state index contributed by atoms with van der Waals surface area (Å²) in [5.41, 5.74) is 1.81. The lowest BCUT2D eigenvalue weighted by Crippen LogP contribution is -2.51. The molecule has 6 nitrogen and oxygen atoms in total. The number of benzene rings is 1. The average Bonchev–Trinajstić information content (AvgIpc) is 2.69. The summed E-state index contributed by atoms with van der Waals surface area (Å²) in [4.78, 5) is 36.8. The number of aryl methyl sites for hydroxylation is 1. The van der Waals surface area contributed by atoms with Gasteiger partial charge in [0.05, 0.1) is 12.0 Å². The van der Waals surface area contributed by atoms with Crippen molar-refractivity contribution in [1.82, 2.24) is 20.3 Å². The van der Waals surface area contributed by atoms with Crippen LogP contribution in [-0.4, -0.2) is 20.9 Å². The first-order valence-corrected chi connectivity index (χ1v) is 9.93. The molecule has 2 heterocycles. The normalized spacial score (nSPS) is 14.8. The molecule has 1 fully saturated rings. The molecule has 0 bridgehead atoms. The number of rotatable bonds is 5. The summed E-state index contributed by atoms with van der Waals surface area (Å²) in [7, 11) is 0. The summed E-state index contributed by atoms with van der Waals surface area (Å²) in [5, 5.41) is 3.80. The Morgan fingerprint density at radius 3 is 2.55 bits per heavy atom. The highest BCUT2D eigenvalue weighted by atomic mass is 35.5. The molecule has 0 atom stereocenters. The lowest BCUT2D eigenvalue weighted by molar-refractivity contribution is -0.123. The zero-order valence-corrected chi connectivity index (χ0v) is 16.8. The molecule has 1 aliphatic carbocycles. The number of aromatic nitrogens is 3. The molecular weight excluding hydrogens is 388 g/mol. The summed E-state index contributed by atoms with van der Waals surface area (Å²) in [5.74, 6) is 0.203. The first-order valence-electron chi connectivity index (χ1n) is 9.55. The SMILES string of the molecule is Cc1nc(-c2ccccn2)[nH]c(=O)c1CC(=O)NC1(c2ccc(Cl)cc2)CCC1. The molecule has 0 saturated heterocycles. The maximum atomic E-state index is 12.8. The summed E-state index contributed by atoms with van der Waals surface area (Å²) in [6, 6.07) is 13.0. The monoisotopic (exact) mass is 408 g/mol. The Morgan fingerprint density at radius 1 is 1.21 bits per heavy atom. The Bertz CT molecular complexity index is 1090. The number of H-pyrrole nitrogens is 1. The van der Waals surface area contributed by atoms with Crippen LogP contribution in [0.2, 0.25) is 5.02 Å². The fraction of sp³-hybridized carbons (Fsp3) is 0.273. The minimum absolute atomic E-state index is 0.0218. The Morgan fingerprint density at radius 2 is 1.97 bits per heavy atom. The highest BCUT2D eigenvalue weighted by Crippen LogP contribution is 2.41. The van der Waals surface area contributed by atoms with Gasteiger partial charge in [-0.1, -0.05) is 29.8 Å². The van der Waals surface area contributed by atoms with Crippen LogP contribution in [0.5, 0.6) is 0 Å². The molecule has 29 heavy (non-hydrogen) atoms. The zero-order valence-electron chi connectivity index (χ0n) is 16.0. The van der Waals surface area contributed by atoms with Gasteiger partial charge in [-0.3, -0.25) is 14.6 Å². The molecule has 1 saturated carbocycles. The minimum atomic E-state index is -0.385. The van der Waals surface area contributed by atoms with E-state index in [1.807, 2.05) is 30.3 Å². The van der Waals surface area contributed by atoms with Crippen molar-refractivity contribution in [3.05, 3.63) is 80.9 Å². The number of halogens is 1. The Kier molecular flexibility index (Phi) is 5.20. The number of aromatic amines is 1. The number of carbonyl (C=O) groups is 1. The Hall–Kier alpha value is -2.99. The topological polar surface area (TPSA) is 87.7 Å². The van der Waals surface area contributed by atoms with Gasteiger partial charge in [-0.2, -0.15) is 0 Å². The molecule has 0 radical (unpaired) electrons. The number of carbonyl (C=O) groups excluding carboxylic acids is 1. The van der Waals surface area contributed by atoms with Crippen LogP contribution in [0, 0.1) is 6.92 Å². The van der Waals surface area contributed by atoms with Crippen LogP contribution < -0.4 is 10.9 Å². The number of nitrogens with zero attached hydrogens (tertiary/aromatic N) is 2. The van der Waals surface area contributed by atoms with E-state index in [0.717, 1.165) is 24.8 Å². The Balaban J connectivity index is 1.54. The molecule has 1 aromatic carbocycles. The van der Waals surface area contributed by atoms with Crippen molar-refractivity contribution in [3.8, 4) is 11.5 Å². The molecule has 148 valence electrons. The van der Waals surface area contributed by atoms with Gasteiger partial charge in [0.25, 0.3) is 5.56 Å². The number of nitrogens with one attached hydrogen (secondary N) is 2. The predicted octanol–water partition coefficient (Wildman–Crippen LogP) is 3.53. The summed E-state index contributed by atoms with van der Waals surface area (Å²) < 4.78 is 0. The third-order valence-corrected chi connectivity index (χ3v) is 5.70. The summed E-state index contributed by atoms with van der Waals surface area (Å²) >= 11 is 5.99. The predicted molar refractivity (Wildman–Crippen MR) is 112 cm³/mol. The second kappa shape index (κ2) is 7.79. The Labute approximate surface area is 173 Å². The molecule has 0 spiro atoms. The van der Waals surface area contributed by atoms with E-state index in [-0.39, 0.29) is 23.4 Å². The van der Waals surface area contributed by atoms with E-state index >= 15 is 0 Å². The van der Waals surface area contributed by atoms with E-state index in [4.69, 9.17) is 11.6 Å². The summed E-state index contributed by atoms with van der Waals surface area (Å²) in [6.07, 6.45) is 4.40. The number of amides is 1. The van der Waals surface area contributed by atoms with E-state index < -0.39 is 0 Å². The van der Waals surface area contributed by atoms with Crippen molar-refractivity contribution in [2.45, 2.75) is 38.1 Å². The van der Waals surface area contributed by atoms with Crippen LogP contribution in [0.15, 0.2) is 53.5 Å². The van der Waals surface area contributed by atoms with Gasteiger partial charge in [-0.05, 0) is 56.0 Å². The van der Waals surface area contributed by atoms with Gasteiger partial charge in [0.15, 0.2) is 5.82 Å². The van der Waals surface area contributed by atoms with Crippen molar-refractivity contribution >= 4 is 17.5 Å². The largest absolute Gasteiger partial charge is 0.346 e. The van der Waals surface area contributed by atoms with Crippen LogP contribution >= 0.6 is 11.6 Å².